The van der Waals surface area contributed by atoms with Gasteiger partial charge in [-0.05, 0) is 24.6 Å². The van der Waals surface area contributed by atoms with Crippen LogP contribution >= 0.6 is 0 Å². The number of hydrogen-bond acceptors (Lipinski definition) is 4. The van der Waals surface area contributed by atoms with Crippen molar-refractivity contribution in [1.82, 2.24) is 10.2 Å². The number of rotatable bonds is 8. The molecule has 6 nitrogen and oxygen atoms in total. The van der Waals surface area contributed by atoms with Crippen molar-refractivity contribution in [2.75, 3.05) is 20.8 Å². The van der Waals surface area contributed by atoms with Gasteiger partial charge in [-0.1, -0.05) is 42.5 Å². The van der Waals surface area contributed by atoms with E-state index in [2.05, 4.69) is 5.32 Å². The van der Waals surface area contributed by atoms with Gasteiger partial charge in [-0.3, -0.25) is 9.59 Å². The normalized spacial score (nSPS) is 11.3. The molecule has 0 aliphatic carbocycles. The van der Waals surface area contributed by atoms with Crippen LogP contribution in [0.15, 0.2) is 54.6 Å². The average molecular weight is 356 g/mol. The molecule has 0 fully saturated rings. The van der Waals surface area contributed by atoms with Crippen molar-refractivity contribution in [3.05, 3.63) is 60.2 Å². The Morgan fingerprint density at radius 2 is 1.65 bits per heavy atom. The Morgan fingerprint density at radius 1 is 1.04 bits per heavy atom. The molecule has 0 saturated heterocycles. The fourth-order valence-corrected chi connectivity index (χ4v) is 2.53. The molecule has 0 spiro atoms. The number of carbonyl (C=O) groups is 2. The molecular weight excluding hydrogens is 332 g/mol. The van der Waals surface area contributed by atoms with Crippen molar-refractivity contribution in [3.63, 3.8) is 0 Å². The van der Waals surface area contributed by atoms with Gasteiger partial charge in [-0.25, -0.2) is 0 Å². The fourth-order valence-electron chi connectivity index (χ4n) is 2.53. The van der Waals surface area contributed by atoms with E-state index in [9.17, 15) is 9.59 Å². The van der Waals surface area contributed by atoms with Crippen molar-refractivity contribution in [2.45, 2.75) is 19.5 Å². The van der Waals surface area contributed by atoms with Crippen LogP contribution in [0, 0.1) is 0 Å². The first kappa shape index (κ1) is 19.3. The van der Waals surface area contributed by atoms with Crippen molar-refractivity contribution < 1.29 is 19.1 Å². The Hall–Kier alpha value is -3.02. The molecule has 0 bridgehead atoms. The number of hydrogen-bond donors (Lipinski definition) is 1. The smallest absolute Gasteiger partial charge is 0.261 e. The van der Waals surface area contributed by atoms with E-state index in [4.69, 9.17) is 9.47 Å². The predicted octanol–water partition coefficient (Wildman–Crippen LogP) is 2.24. The number of likely N-dealkylation sites (N-methyl/N-ethyl adjacent to an activating group) is 1. The van der Waals surface area contributed by atoms with E-state index >= 15 is 0 Å². The molecule has 0 saturated carbocycles. The minimum atomic E-state index is -0.617. The third-order valence-electron chi connectivity index (χ3n) is 4.03. The second kappa shape index (κ2) is 9.46. The summed E-state index contributed by atoms with van der Waals surface area (Å²) in [7, 11) is 3.09. The first-order valence-electron chi connectivity index (χ1n) is 8.37. The number of amides is 2. The quantitative estimate of drug-likeness (QED) is 0.788. The van der Waals surface area contributed by atoms with Gasteiger partial charge >= 0.3 is 0 Å². The van der Waals surface area contributed by atoms with Crippen molar-refractivity contribution in [1.29, 1.82) is 0 Å². The van der Waals surface area contributed by atoms with Crippen molar-refractivity contribution in [2.24, 2.45) is 0 Å². The maximum absolute atomic E-state index is 12.8. The molecular formula is C20H24N2O4. The van der Waals surface area contributed by atoms with E-state index in [0.29, 0.717) is 18.0 Å². The zero-order valence-electron chi connectivity index (χ0n) is 15.3. The minimum Gasteiger partial charge on any atom is -0.493 e. The summed E-state index contributed by atoms with van der Waals surface area (Å²) in [4.78, 5) is 26.3. The molecule has 2 aromatic carbocycles. The monoisotopic (exact) mass is 356 g/mol. The summed E-state index contributed by atoms with van der Waals surface area (Å²) in [5.74, 6) is 0.521. The van der Waals surface area contributed by atoms with E-state index in [1.54, 1.807) is 39.3 Å². The number of carbonyl (C=O) groups excluding carboxylic acids is 2. The van der Waals surface area contributed by atoms with Crippen LogP contribution in [0.3, 0.4) is 0 Å². The molecule has 1 N–H and O–H groups in total. The lowest BCUT2D eigenvalue weighted by molar-refractivity contribution is -0.142. The molecule has 0 heterocycles. The lowest BCUT2D eigenvalue weighted by Crippen LogP contribution is -2.48. The highest BCUT2D eigenvalue weighted by atomic mass is 16.5. The summed E-state index contributed by atoms with van der Waals surface area (Å²) in [6.45, 7) is 1.83. The van der Waals surface area contributed by atoms with Crippen LogP contribution in [0.4, 0.5) is 0 Å². The highest BCUT2D eigenvalue weighted by Gasteiger charge is 2.26. The molecule has 2 amide bonds. The third kappa shape index (κ3) is 4.99. The number of benzene rings is 2. The van der Waals surface area contributed by atoms with Gasteiger partial charge in [-0.2, -0.15) is 0 Å². The third-order valence-corrected chi connectivity index (χ3v) is 4.03. The van der Waals surface area contributed by atoms with Gasteiger partial charge in [-0.15, -0.1) is 0 Å². The molecule has 26 heavy (non-hydrogen) atoms. The van der Waals surface area contributed by atoms with Crippen LogP contribution in [0.5, 0.6) is 11.5 Å². The molecule has 138 valence electrons. The maximum atomic E-state index is 12.8. The van der Waals surface area contributed by atoms with Gasteiger partial charge in [0.2, 0.25) is 5.91 Å². The van der Waals surface area contributed by atoms with E-state index in [0.717, 1.165) is 5.56 Å². The zero-order chi connectivity index (χ0) is 18.9. The topological polar surface area (TPSA) is 67.9 Å². The molecule has 1 unspecified atom stereocenters. The SMILES string of the molecule is CNC(=O)C(C)N(Cc1ccccc1)C(=O)COc1ccccc1OC. The van der Waals surface area contributed by atoms with Crippen molar-refractivity contribution in [3.8, 4) is 11.5 Å². The summed E-state index contributed by atoms with van der Waals surface area (Å²) in [6, 6.07) is 16.0. The molecule has 0 radical (unpaired) electrons. The summed E-state index contributed by atoms with van der Waals surface area (Å²) >= 11 is 0. The Balaban J connectivity index is 2.13. The summed E-state index contributed by atoms with van der Waals surface area (Å²) < 4.78 is 10.8. The molecule has 0 aliphatic heterocycles. The van der Waals surface area contributed by atoms with Crippen LogP contribution in [0.25, 0.3) is 0 Å². The minimum absolute atomic E-state index is 0.186. The van der Waals surface area contributed by atoms with Crippen molar-refractivity contribution >= 4 is 11.8 Å². The summed E-state index contributed by atoms with van der Waals surface area (Å²) in [5, 5.41) is 2.58. The number of nitrogens with zero attached hydrogens (tertiary/aromatic N) is 1. The van der Waals surface area contributed by atoms with E-state index in [-0.39, 0.29) is 18.4 Å². The highest BCUT2D eigenvalue weighted by Crippen LogP contribution is 2.25. The van der Waals surface area contributed by atoms with Gasteiger partial charge in [0.1, 0.15) is 6.04 Å². The Morgan fingerprint density at radius 3 is 2.27 bits per heavy atom. The van der Waals surface area contributed by atoms with Crippen LogP contribution in [0.2, 0.25) is 0 Å². The Labute approximate surface area is 153 Å². The Bertz CT molecular complexity index is 734. The zero-order valence-corrected chi connectivity index (χ0v) is 15.3. The Kier molecular flexibility index (Phi) is 7.02. The first-order valence-corrected chi connectivity index (χ1v) is 8.37. The van der Waals surface area contributed by atoms with Gasteiger partial charge < -0.3 is 19.7 Å². The van der Waals surface area contributed by atoms with Crippen LogP contribution < -0.4 is 14.8 Å². The second-order valence-electron chi connectivity index (χ2n) is 5.74. The molecule has 2 rings (SSSR count). The van der Waals surface area contributed by atoms with Crippen LogP contribution in [-0.4, -0.2) is 43.5 Å². The van der Waals surface area contributed by atoms with Gasteiger partial charge in [0.05, 0.1) is 7.11 Å². The standard InChI is InChI=1S/C20H24N2O4/c1-15(20(24)21-2)22(13-16-9-5-4-6-10-16)19(23)14-26-18-12-8-7-11-17(18)25-3/h4-12,15H,13-14H2,1-3H3,(H,21,24). The predicted molar refractivity (Wildman–Crippen MR) is 99.0 cm³/mol. The molecule has 0 aliphatic rings. The molecule has 1 atom stereocenters. The average Bonchev–Trinajstić information content (AvgIpc) is 2.70. The van der Waals surface area contributed by atoms with E-state index < -0.39 is 6.04 Å². The van der Waals surface area contributed by atoms with Crippen LogP contribution in [0.1, 0.15) is 12.5 Å². The first-order chi connectivity index (χ1) is 12.6. The van der Waals surface area contributed by atoms with Gasteiger partial charge in [0.25, 0.3) is 5.91 Å². The summed E-state index contributed by atoms with van der Waals surface area (Å²) in [6.07, 6.45) is 0. The number of para-hydroxylation sites is 2. The van der Waals surface area contributed by atoms with Gasteiger partial charge in [0.15, 0.2) is 18.1 Å². The van der Waals surface area contributed by atoms with E-state index in [1.807, 2.05) is 36.4 Å². The lowest BCUT2D eigenvalue weighted by Gasteiger charge is -2.28. The fraction of sp³-hybridized carbons (Fsp3) is 0.300. The molecule has 6 heteroatoms. The van der Waals surface area contributed by atoms with Gasteiger partial charge in [0, 0.05) is 13.6 Å². The maximum Gasteiger partial charge on any atom is 0.261 e. The van der Waals surface area contributed by atoms with E-state index in [1.165, 1.54) is 4.90 Å². The lowest BCUT2D eigenvalue weighted by atomic mass is 10.1. The molecule has 2 aromatic rings. The largest absolute Gasteiger partial charge is 0.493 e. The number of ether oxygens (including phenoxy) is 2. The molecule has 0 aromatic heterocycles. The second-order valence-corrected chi connectivity index (χ2v) is 5.74. The van der Waals surface area contributed by atoms with Crippen LogP contribution in [-0.2, 0) is 16.1 Å². The highest BCUT2D eigenvalue weighted by molar-refractivity contribution is 5.87. The number of nitrogens with one attached hydrogen (secondary N) is 1. The summed E-state index contributed by atoms with van der Waals surface area (Å²) in [5.41, 5.74) is 0.939. The number of methoxy groups -OCH3 is 1.